The van der Waals surface area contributed by atoms with Crippen molar-refractivity contribution < 1.29 is 9.47 Å². The van der Waals surface area contributed by atoms with Crippen LogP contribution in [0.1, 0.15) is 29.7 Å². The van der Waals surface area contributed by atoms with Gasteiger partial charge in [0.15, 0.2) is 5.96 Å². The minimum Gasteiger partial charge on any atom is -0.491 e. The van der Waals surface area contributed by atoms with Gasteiger partial charge in [-0.3, -0.25) is 9.79 Å². The second-order valence-electron chi connectivity index (χ2n) is 7.17. The third kappa shape index (κ3) is 9.30. The van der Waals surface area contributed by atoms with Crippen molar-refractivity contribution in [1.29, 1.82) is 0 Å². The molecular formula is C23H35IN4O3. The third-order valence-corrected chi connectivity index (χ3v) is 4.81. The Kier molecular flexibility index (Phi) is 12.9. The van der Waals surface area contributed by atoms with Gasteiger partial charge in [0, 0.05) is 51.1 Å². The molecule has 0 aliphatic carbocycles. The molecule has 172 valence electrons. The lowest BCUT2D eigenvalue weighted by atomic mass is 10.1. The third-order valence-electron chi connectivity index (χ3n) is 4.81. The van der Waals surface area contributed by atoms with E-state index in [9.17, 15) is 4.79 Å². The molecule has 0 aliphatic heterocycles. The molecule has 2 rings (SSSR count). The van der Waals surface area contributed by atoms with E-state index in [2.05, 4.69) is 27.8 Å². The van der Waals surface area contributed by atoms with Crippen molar-refractivity contribution in [1.82, 2.24) is 15.2 Å². The molecule has 0 fully saturated rings. The summed E-state index contributed by atoms with van der Waals surface area (Å²) in [6.45, 7) is 7.20. The van der Waals surface area contributed by atoms with E-state index in [1.165, 1.54) is 0 Å². The van der Waals surface area contributed by atoms with Crippen molar-refractivity contribution in [2.24, 2.45) is 4.99 Å². The topological polar surface area (TPSA) is 76.9 Å². The number of aryl methyl sites for hydroxylation is 2. The summed E-state index contributed by atoms with van der Waals surface area (Å²) in [6, 6.07) is 11.5. The van der Waals surface area contributed by atoms with Gasteiger partial charge in [0.1, 0.15) is 12.4 Å². The van der Waals surface area contributed by atoms with Crippen LogP contribution in [0, 0.1) is 13.8 Å². The predicted octanol–water partition coefficient (Wildman–Crippen LogP) is 3.25. The Morgan fingerprint density at radius 2 is 1.90 bits per heavy atom. The highest BCUT2D eigenvalue weighted by Crippen LogP contribution is 2.20. The molecule has 31 heavy (non-hydrogen) atoms. The number of nitrogens with one attached hydrogen (secondary N) is 2. The molecule has 2 N–H and O–H groups in total. The minimum absolute atomic E-state index is 0. The van der Waals surface area contributed by atoms with E-state index in [1.807, 2.05) is 30.5 Å². The maximum Gasteiger partial charge on any atom is 0.250 e. The van der Waals surface area contributed by atoms with Crippen LogP contribution in [0.3, 0.4) is 0 Å². The zero-order chi connectivity index (χ0) is 21.8. The number of guanidine groups is 1. The van der Waals surface area contributed by atoms with E-state index in [0.717, 1.165) is 54.5 Å². The Labute approximate surface area is 202 Å². The lowest BCUT2D eigenvalue weighted by molar-refractivity contribution is 0.145. The quantitative estimate of drug-likeness (QED) is 0.197. The number of hydrogen-bond donors (Lipinski definition) is 2. The van der Waals surface area contributed by atoms with E-state index in [0.29, 0.717) is 19.8 Å². The number of methoxy groups -OCH3 is 1. The summed E-state index contributed by atoms with van der Waals surface area (Å²) in [4.78, 5) is 16.2. The van der Waals surface area contributed by atoms with Crippen LogP contribution in [-0.4, -0.2) is 44.4 Å². The number of aromatic nitrogens is 1. The molecule has 0 amide bonds. The normalized spacial score (nSPS) is 11.0. The maximum absolute atomic E-state index is 11.9. The molecule has 2 aromatic rings. The minimum atomic E-state index is 0. The molecule has 0 aliphatic rings. The first-order valence-electron chi connectivity index (χ1n) is 10.4. The smallest absolute Gasteiger partial charge is 0.250 e. The number of hydrogen-bond acceptors (Lipinski definition) is 4. The van der Waals surface area contributed by atoms with Gasteiger partial charge >= 0.3 is 0 Å². The molecule has 0 atom stereocenters. The van der Waals surface area contributed by atoms with Crippen LogP contribution in [0.2, 0.25) is 0 Å². The molecule has 1 heterocycles. The monoisotopic (exact) mass is 542 g/mol. The number of unbranched alkanes of at least 4 members (excludes halogenated alkanes) is 1. The number of rotatable bonds is 11. The fourth-order valence-corrected chi connectivity index (χ4v) is 3.09. The maximum atomic E-state index is 11.9. The van der Waals surface area contributed by atoms with E-state index in [4.69, 9.17) is 9.47 Å². The van der Waals surface area contributed by atoms with Crippen molar-refractivity contribution in [3.8, 4) is 5.75 Å². The van der Waals surface area contributed by atoms with E-state index in [-0.39, 0.29) is 29.5 Å². The van der Waals surface area contributed by atoms with Crippen LogP contribution >= 0.6 is 24.0 Å². The highest BCUT2D eigenvalue weighted by Gasteiger charge is 2.06. The number of benzene rings is 1. The van der Waals surface area contributed by atoms with Crippen molar-refractivity contribution in [3.05, 3.63) is 63.6 Å². The summed E-state index contributed by atoms with van der Waals surface area (Å²) in [7, 11) is 3.42. The Morgan fingerprint density at radius 1 is 1.10 bits per heavy atom. The summed E-state index contributed by atoms with van der Waals surface area (Å²) in [5.41, 5.74) is 3.27. The second kappa shape index (κ2) is 14.9. The summed E-state index contributed by atoms with van der Waals surface area (Å²) < 4.78 is 12.7. The molecule has 8 heteroatoms. The molecule has 7 nitrogen and oxygen atoms in total. The summed E-state index contributed by atoms with van der Waals surface area (Å²) in [5, 5.41) is 6.66. The van der Waals surface area contributed by atoms with Crippen molar-refractivity contribution in [3.63, 3.8) is 0 Å². The zero-order valence-corrected chi connectivity index (χ0v) is 21.3. The number of pyridine rings is 1. The Balaban J connectivity index is 0.00000480. The largest absolute Gasteiger partial charge is 0.491 e. The van der Waals surface area contributed by atoms with Crippen LogP contribution in [0.15, 0.2) is 46.2 Å². The number of nitrogens with zero attached hydrogens (tertiary/aromatic N) is 2. The molecule has 0 unspecified atom stereocenters. The standard InChI is InChI=1S/C23H34N4O3.HI/c1-18-10-11-20(21(16-18)30-15-14-29-4)17-26-23(24-3)25-12-5-6-13-27-19(2)8-7-9-22(27)28;/h7-11,16H,5-6,12-15,17H2,1-4H3,(H2,24,25,26);1H. The fourth-order valence-electron chi connectivity index (χ4n) is 3.09. The van der Waals surface area contributed by atoms with E-state index < -0.39 is 0 Å². The Morgan fingerprint density at radius 3 is 2.61 bits per heavy atom. The summed E-state index contributed by atoms with van der Waals surface area (Å²) in [6.07, 6.45) is 1.86. The lowest BCUT2D eigenvalue weighted by Gasteiger charge is -2.15. The molecule has 0 saturated heterocycles. The number of halogens is 1. The highest BCUT2D eigenvalue weighted by molar-refractivity contribution is 14.0. The van der Waals surface area contributed by atoms with Gasteiger partial charge in [-0.2, -0.15) is 0 Å². The second-order valence-corrected chi connectivity index (χ2v) is 7.17. The number of ether oxygens (including phenoxy) is 2. The first kappa shape index (κ1) is 27.0. The van der Waals surface area contributed by atoms with Gasteiger partial charge in [-0.25, -0.2) is 0 Å². The molecule has 0 radical (unpaired) electrons. The van der Waals surface area contributed by atoms with Crippen LogP contribution < -0.4 is 20.9 Å². The van der Waals surface area contributed by atoms with Gasteiger partial charge in [-0.05, 0) is 44.4 Å². The number of aliphatic imine (C=N–C) groups is 1. The molecule has 1 aromatic heterocycles. The first-order chi connectivity index (χ1) is 14.5. The summed E-state index contributed by atoms with van der Waals surface area (Å²) in [5.74, 6) is 1.60. The van der Waals surface area contributed by atoms with Gasteiger partial charge in [0.25, 0.3) is 5.56 Å². The molecule has 0 spiro atoms. The predicted molar refractivity (Wildman–Crippen MR) is 137 cm³/mol. The van der Waals surface area contributed by atoms with Crippen LogP contribution in [0.25, 0.3) is 0 Å². The van der Waals surface area contributed by atoms with E-state index >= 15 is 0 Å². The van der Waals surface area contributed by atoms with Gasteiger partial charge in [-0.15, -0.1) is 24.0 Å². The zero-order valence-electron chi connectivity index (χ0n) is 18.9. The van der Waals surface area contributed by atoms with Crippen molar-refractivity contribution in [2.75, 3.05) is 33.9 Å². The van der Waals surface area contributed by atoms with Crippen molar-refractivity contribution in [2.45, 2.75) is 39.8 Å². The first-order valence-corrected chi connectivity index (χ1v) is 10.4. The Bertz CT molecular complexity index is 883. The summed E-state index contributed by atoms with van der Waals surface area (Å²) >= 11 is 0. The van der Waals surface area contributed by atoms with Gasteiger partial charge in [-0.1, -0.05) is 18.2 Å². The molecule has 0 saturated carbocycles. The highest BCUT2D eigenvalue weighted by atomic mass is 127. The van der Waals surface area contributed by atoms with Crippen molar-refractivity contribution >= 4 is 29.9 Å². The van der Waals surface area contributed by atoms with Crippen LogP contribution in [0.5, 0.6) is 5.75 Å². The van der Waals surface area contributed by atoms with Gasteiger partial charge in [0.2, 0.25) is 0 Å². The molecule has 1 aromatic carbocycles. The fraction of sp³-hybridized carbons (Fsp3) is 0.478. The Hall–Kier alpha value is -2.07. The molecular weight excluding hydrogens is 507 g/mol. The lowest BCUT2D eigenvalue weighted by Crippen LogP contribution is -2.37. The van der Waals surface area contributed by atoms with Gasteiger partial charge < -0.3 is 24.7 Å². The van der Waals surface area contributed by atoms with E-state index in [1.54, 1.807) is 26.3 Å². The average Bonchev–Trinajstić information content (AvgIpc) is 2.73. The molecule has 0 bridgehead atoms. The SMILES string of the molecule is CN=C(NCCCCn1c(C)cccc1=O)NCc1ccc(C)cc1OCCOC.I. The average molecular weight is 542 g/mol. The van der Waals surface area contributed by atoms with Crippen LogP contribution in [-0.2, 0) is 17.8 Å². The van der Waals surface area contributed by atoms with Gasteiger partial charge in [0.05, 0.1) is 6.61 Å². The van der Waals surface area contributed by atoms with Crippen LogP contribution in [0.4, 0.5) is 0 Å².